The summed E-state index contributed by atoms with van der Waals surface area (Å²) in [4.78, 5) is 13.0. The third-order valence-corrected chi connectivity index (χ3v) is 8.56. The van der Waals surface area contributed by atoms with Crippen molar-refractivity contribution in [3.63, 3.8) is 0 Å². The normalized spacial score (nSPS) is 22.8. The first-order chi connectivity index (χ1) is 15.2. The molecule has 1 aliphatic heterocycles. The van der Waals surface area contributed by atoms with Crippen molar-refractivity contribution < 1.29 is 17.9 Å². The van der Waals surface area contributed by atoms with Crippen LogP contribution < -0.4 is 10.1 Å². The minimum atomic E-state index is -3.77. The number of carbonyl (C=O) groups is 1. The molecule has 0 radical (unpaired) electrons. The Morgan fingerprint density at radius 3 is 2.34 bits per heavy atom. The third kappa shape index (κ3) is 4.55. The number of methoxy groups -OCH3 is 1. The Balaban J connectivity index is 1.55. The van der Waals surface area contributed by atoms with Crippen molar-refractivity contribution in [2.75, 3.05) is 26.7 Å². The summed E-state index contributed by atoms with van der Waals surface area (Å²) in [6.07, 6.45) is 3.07. The van der Waals surface area contributed by atoms with E-state index in [0.717, 1.165) is 19.3 Å². The van der Waals surface area contributed by atoms with E-state index in [9.17, 15) is 13.2 Å². The van der Waals surface area contributed by atoms with Crippen LogP contribution in [-0.4, -0.2) is 45.4 Å². The van der Waals surface area contributed by atoms with E-state index in [0.29, 0.717) is 37.0 Å². The Morgan fingerprint density at radius 1 is 1.09 bits per heavy atom. The molecule has 1 heterocycles. The van der Waals surface area contributed by atoms with Gasteiger partial charge in [-0.3, -0.25) is 4.79 Å². The average molecular weight is 457 g/mol. The molecule has 0 spiro atoms. The van der Waals surface area contributed by atoms with Crippen molar-refractivity contribution >= 4 is 15.9 Å². The molecule has 2 aliphatic rings. The van der Waals surface area contributed by atoms with Gasteiger partial charge < -0.3 is 10.1 Å². The second-order valence-electron chi connectivity index (χ2n) is 9.46. The van der Waals surface area contributed by atoms with E-state index in [1.54, 1.807) is 12.1 Å². The molecule has 172 valence electrons. The third-order valence-electron chi connectivity index (χ3n) is 6.71. The molecule has 1 saturated heterocycles. The molecule has 1 N–H and O–H groups in total. The number of piperidine rings is 1. The standard InChI is InChI=1S/C25H32N2O4S/c1-18-13-19(2)16-27(15-18)32(29,30)23-14-20(9-10-22(23)31-3)24(28)26-17-25(11-12-25)21-7-5-4-6-8-21/h4-10,14,18-19H,11-13,15-17H2,1-3H3,(H,26,28). The highest BCUT2D eigenvalue weighted by Gasteiger charge is 2.44. The maximum atomic E-state index is 13.5. The molecule has 0 bridgehead atoms. The van der Waals surface area contributed by atoms with E-state index < -0.39 is 10.0 Å². The fraction of sp³-hybridized carbons (Fsp3) is 0.480. The second-order valence-corrected chi connectivity index (χ2v) is 11.4. The smallest absolute Gasteiger partial charge is 0.251 e. The second kappa shape index (κ2) is 8.87. The van der Waals surface area contributed by atoms with Gasteiger partial charge in [0.2, 0.25) is 10.0 Å². The molecule has 32 heavy (non-hydrogen) atoms. The fourth-order valence-corrected chi connectivity index (χ4v) is 6.68. The summed E-state index contributed by atoms with van der Waals surface area (Å²) < 4.78 is 33.8. The lowest BCUT2D eigenvalue weighted by Gasteiger charge is -2.34. The first kappa shape index (κ1) is 22.8. The van der Waals surface area contributed by atoms with Gasteiger partial charge in [0.25, 0.3) is 5.91 Å². The Hall–Kier alpha value is -2.38. The van der Waals surface area contributed by atoms with E-state index in [-0.39, 0.29) is 22.0 Å². The molecule has 1 aliphatic carbocycles. The number of amides is 1. The lowest BCUT2D eigenvalue weighted by atomic mass is 9.94. The molecular weight excluding hydrogens is 424 g/mol. The number of rotatable bonds is 7. The van der Waals surface area contributed by atoms with Gasteiger partial charge in [-0.05, 0) is 54.9 Å². The first-order valence-corrected chi connectivity index (χ1v) is 12.7. The topological polar surface area (TPSA) is 75.7 Å². The lowest BCUT2D eigenvalue weighted by Crippen LogP contribution is -2.42. The molecule has 0 aromatic heterocycles. The summed E-state index contributed by atoms with van der Waals surface area (Å²) in [7, 11) is -2.32. The predicted octanol–water partition coefficient (Wildman–Crippen LogP) is 3.82. The first-order valence-electron chi connectivity index (χ1n) is 11.3. The minimum Gasteiger partial charge on any atom is -0.495 e. The zero-order valence-corrected chi connectivity index (χ0v) is 19.8. The van der Waals surface area contributed by atoms with E-state index in [1.807, 2.05) is 18.2 Å². The molecule has 2 atom stereocenters. The maximum Gasteiger partial charge on any atom is 0.251 e. The number of nitrogens with one attached hydrogen (secondary N) is 1. The molecule has 2 unspecified atom stereocenters. The quantitative estimate of drug-likeness (QED) is 0.687. The van der Waals surface area contributed by atoms with Gasteiger partial charge in [-0.25, -0.2) is 8.42 Å². The fourth-order valence-electron chi connectivity index (χ4n) is 4.82. The number of ether oxygens (including phenoxy) is 1. The van der Waals surface area contributed by atoms with Crippen LogP contribution in [0.5, 0.6) is 5.75 Å². The molecule has 4 rings (SSSR count). The van der Waals surface area contributed by atoms with Gasteiger partial charge in [0.05, 0.1) is 7.11 Å². The van der Waals surface area contributed by atoms with Crippen molar-refractivity contribution in [1.82, 2.24) is 9.62 Å². The van der Waals surface area contributed by atoms with Crippen LogP contribution in [0.25, 0.3) is 0 Å². The van der Waals surface area contributed by atoms with Crippen LogP contribution in [0, 0.1) is 11.8 Å². The molecule has 1 saturated carbocycles. The van der Waals surface area contributed by atoms with Gasteiger partial charge in [-0.2, -0.15) is 4.31 Å². The van der Waals surface area contributed by atoms with Crippen LogP contribution in [0.15, 0.2) is 53.4 Å². The Morgan fingerprint density at radius 2 is 1.75 bits per heavy atom. The van der Waals surface area contributed by atoms with Crippen molar-refractivity contribution in [3.05, 3.63) is 59.7 Å². The van der Waals surface area contributed by atoms with E-state index in [4.69, 9.17) is 4.74 Å². The monoisotopic (exact) mass is 456 g/mol. The van der Waals surface area contributed by atoms with Gasteiger partial charge in [-0.1, -0.05) is 44.2 Å². The van der Waals surface area contributed by atoms with Crippen molar-refractivity contribution in [2.45, 2.75) is 43.4 Å². The van der Waals surface area contributed by atoms with Crippen LogP contribution in [0.1, 0.15) is 49.0 Å². The van der Waals surface area contributed by atoms with Crippen LogP contribution in [-0.2, 0) is 15.4 Å². The van der Waals surface area contributed by atoms with E-state index in [1.165, 1.54) is 23.0 Å². The highest BCUT2D eigenvalue weighted by atomic mass is 32.2. The summed E-state index contributed by atoms with van der Waals surface area (Å²) in [5.41, 5.74) is 1.54. The van der Waals surface area contributed by atoms with Crippen molar-refractivity contribution in [2.24, 2.45) is 11.8 Å². The summed E-state index contributed by atoms with van der Waals surface area (Å²) in [6.45, 7) is 5.63. The maximum absolute atomic E-state index is 13.5. The summed E-state index contributed by atoms with van der Waals surface area (Å²) in [5, 5.41) is 3.02. The molecule has 2 aromatic carbocycles. The van der Waals surface area contributed by atoms with E-state index >= 15 is 0 Å². The van der Waals surface area contributed by atoms with E-state index in [2.05, 4.69) is 31.3 Å². The summed E-state index contributed by atoms with van der Waals surface area (Å²) in [5.74, 6) is 0.569. The largest absolute Gasteiger partial charge is 0.495 e. The zero-order valence-electron chi connectivity index (χ0n) is 19.0. The van der Waals surface area contributed by atoms with Crippen LogP contribution in [0.2, 0.25) is 0 Å². The highest BCUT2D eigenvalue weighted by molar-refractivity contribution is 7.89. The van der Waals surface area contributed by atoms with Crippen LogP contribution >= 0.6 is 0 Å². The molecule has 6 nitrogen and oxygen atoms in total. The Bertz CT molecular complexity index is 1070. The predicted molar refractivity (Wildman–Crippen MR) is 124 cm³/mol. The Labute approximate surface area is 191 Å². The van der Waals surface area contributed by atoms with Gasteiger partial charge >= 0.3 is 0 Å². The summed E-state index contributed by atoms with van der Waals surface area (Å²) in [6, 6.07) is 14.9. The van der Waals surface area contributed by atoms with Crippen LogP contribution in [0.3, 0.4) is 0 Å². The average Bonchev–Trinajstić information content (AvgIpc) is 3.58. The lowest BCUT2D eigenvalue weighted by molar-refractivity contribution is 0.0949. The van der Waals surface area contributed by atoms with Crippen molar-refractivity contribution in [3.8, 4) is 5.75 Å². The highest BCUT2D eigenvalue weighted by Crippen LogP contribution is 2.47. The van der Waals surface area contributed by atoms with Gasteiger partial charge in [0, 0.05) is 30.6 Å². The van der Waals surface area contributed by atoms with Gasteiger partial charge in [0.15, 0.2) is 0 Å². The minimum absolute atomic E-state index is 0.0155. The summed E-state index contributed by atoms with van der Waals surface area (Å²) >= 11 is 0. The molecule has 2 fully saturated rings. The zero-order chi connectivity index (χ0) is 22.9. The Kier molecular flexibility index (Phi) is 6.32. The number of hydrogen-bond acceptors (Lipinski definition) is 4. The van der Waals surface area contributed by atoms with Gasteiger partial charge in [-0.15, -0.1) is 0 Å². The molecule has 2 aromatic rings. The number of sulfonamides is 1. The number of hydrogen-bond donors (Lipinski definition) is 1. The molecule has 1 amide bonds. The number of benzene rings is 2. The van der Waals surface area contributed by atoms with Crippen LogP contribution in [0.4, 0.5) is 0 Å². The SMILES string of the molecule is COc1ccc(C(=O)NCC2(c3ccccc3)CC2)cc1S(=O)(=O)N1CC(C)CC(C)C1. The number of carbonyl (C=O) groups excluding carboxylic acids is 1. The molecular formula is C25H32N2O4S. The van der Waals surface area contributed by atoms with Gasteiger partial charge in [0.1, 0.15) is 10.6 Å². The number of nitrogens with zero attached hydrogens (tertiary/aromatic N) is 1. The molecule has 7 heteroatoms. The van der Waals surface area contributed by atoms with Crippen molar-refractivity contribution in [1.29, 1.82) is 0 Å².